The molecule has 82 valence electrons. The Balaban J connectivity index is 2.65. The van der Waals surface area contributed by atoms with Crippen molar-refractivity contribution in [2.75, 3.05) is 0 Å². The third-order valence-corrected chi connectivity index (χ3v) is 2.45. The molecule has 0 aliphatic rings. The lowest BCUT2D eigenvalue weighted by molar-refractivity contribution is 0.0972. The lowest BCUT2D eigenvalue weighted by Gasteiger charge is -2.09. The van der Waals surface area contributed by atoms with E-state index in [4.69, 9.17) is 5.73 Å². The predicted octanol–water partition coefficient (Wildman–Crippen LogP) is 2.09. The van der Waals surface area contributed by atoms with E-state index in [1.165, 1.54) is 0 Å². The maximum atomic E-state index is 11.8. The number of hydrogen-bond acceptors (Lipinski definition) is 3. The highest BCUT2D eigenvalue weighted by atomic mass is 16.1. The minimum atomic E-state index is -0.0258. The van der Waals surface area contributed by atoms with Gasteiger partial charge in [0.25, 0.3) is 0 Å². The van der Waals surface area contributed by atoms with Crippen LogP contribution in [-0.4, -0.2) is 16.8 Å². The fourth-order valence-corrected chi connectivity index (χ4v) is 1.58. The molecule has 0 radical (unpaired) electrons. The average molecular weight is 206 g/mol. The van der Waals surface area contributed by atoms with Gasteiger partial charge in [0.05, 0.1) is 0 Å². The predicted molar refractivity (Wildman–Crippen MR) is 60.8 cm³/mol. The minimum Gasteiger partial charge on any atom is -0.327 e. The highest BCUT2D eigenvalue weighted by molar-refractivity contribution is 5.97. The molecule has 1 heterocycles. The van der Waals surface area contributed by atoms with Crippen LogP contribution in [-0.2, 0) is 0 Å². The summed E-state index contributed by atoms with van der Waals surface area (Å²) < 4.78 is 0. The number of carbonyl (C=O) groups excluding carboxylic acids is 1. The third-order valence-electron chi connectivity index (χ3n) is 2.45. The van der Waals surface area contributed by atoms with Crippen LogP contribution in [0.3, 0.4) is 0 Å². The SMILES string of the molecule is CCCC(N)CC(=O)c1cnccc1C. The standard InChI is InChI=1S/C12H18N2O/c1-3-4-10(13)7-12(15)11-8-14-6-5-9(11)2/h5-6,8,10H,3-4,7,13H2,1-2H3. The number of aromatic nitrogens is 1. The summed E-state index contributed by atoms with van der Waals surface area (Å²) in [6.45, 7) is 3.99. The van der Waals surface area contributed by atoms with Gasteiger partial charge in [0.1, 0.15) is 0 Å². The zero-order valence-corrected chi connectivity index (χ0v) is 9.36. The van der Waals surface area contributed by atoms with E-state index in [-0.39, 0.29) is 11.8 Å². The van der Waals surface area contributed by atoms with E-state index in [0.29, 0.717) is 12.0 Å². The average Bonchev–Trinajstić information content (AvgIpc) is 2.18. The third kappa shape index (κ3) is 3.44. The van der Waals surface area contributed by atoms with Gasteiger partial charge in [-0.2, -0.15) is 0 Å². The van der Waals surface area contributed by atoms with Crippen molar-refractivity contribution in [1.29, 1.82) is 0 Å². The molecule has 1 rings (SSSR count). The van der Waals surface area contributed by atoms with Crippen molar-refractivity contribution >= 4 is 5.78 Å². The van der Waals surface area contributed by atoms with Gasteiger partial charge in [-0.15, -0.1) is 0 Å². The van der Waals surface area contributed by atoms with Crippen LogP contribution in [0.2, 0.25) is 0 Å². The number of nitrogens with zero attached hydrogens (tertiary/aromatic N) is 1. The monoisotopic (exact) mass is 206 g/mol. The Morgan fingerprint density at radius 2 is 2.33 bits per heavy atom. The Hall–Kier alpha value is -1.22. The van der Waals surface area contributed by atoms with Gasteiger partial charge in [-0.25, -0.2) is 0 Å². The fraction of sp³-hybridized carbons (Fsp3) is 0.500. The highest BCUT2D eigenvalue weighted by Crippen LogP contribution is 2.10. The van der Waals surface area contributed by atoms with Crippen molar-refractivity contribution in [3.8, 4) is 0 Å². The van der Waals surface area contributed by atoms with E-state index in [0.717, 1.165) is 18.4 Å². The van der Waals surface area contributed by atoms with Crippen LogP contribution in [0, 0.1) is 6.92 Å². The second-order valence-electron chi connectivity index (χ2n) is 3.87. The summed E-state index contributed by atoms with van der Waals surface area (Å²) in [5, 5.41) is 0. The van der Waals surface area contributed by atoms with Crippen molar-refractivity contribution in [3.05, 3.63) is 29.6 Å². The van der Waals surface area contributed by atoms with Crippen molar-refractivity contribution in [2.45, 2.75) is 39.2 Å². The molecule has 0 bridgehead atoms. The smallest absolute Gasteiger partial charge is 0.166 e. The van der Waals surface area contributed by atoms with Gasteiger partial charge in [0.15, 0.2) is 5.78 Å². The van der Waals surface area contributed by atoms with E-state index in [2.05, 4.69) is 11.9 Å². The van der Waals surface area contributed by atoms with Crippen LogP contribution in [0.5, 0.6) is 0 Å². The van der Waals surface area contributed by atoms with E-state index < -0.39 is 0 Å². The molecule has 0 spiro atoms. The first kappa shape index (κ1) is 11.9. The molecule has 0 aliphatic carbocycles. The van der Waals surface area contributed by atoms with Crippen LogP contribution < -0.4 is 5.73 Å². The molecule has 3 nitrogen and oxygen atoms in total. The molecule has 0 fully saturated rings. The fourth-order valence-electron chi connectivity index (χ4n) is 1.58. The number of aryl methyl sites for hydroxylation is 1. The molecule has 1 atom stereocenters. The zero-order valence-electron chi connectivity index (χ0n) is 9.36. The van der Waals surface area contributed by atoms with Crippen LogP contribution in [0.4, 0.5) is 0 Å². The summed E-state index contributed by atoms with van der Waals surface area (Å²) in [7, 11) is 0. The van der Waals surface area contributed by atoms with Crippen LogP contribution in [0.25, 0.3) is 0 Å². The second kappa shape index (κ2) is 5.61. The maximum Gasteiger partial charge on any atom is 0.166 e. The van der Waals surface area contributed by atoms with Gasteiger partial charge in [0.2, 0.25) is 0 Å². The molecule has 1 unspecified atom stereocenters. The van der Waals surface area contributed by atoms with Crippen molar-refractivity contribution in [2.24, 2.45) is 5.73 Å². The number of rotatable bonds is 5. The lowest BCUT2D eigenvalue weighted by atomic mass is 10.00. The molecule has 0 saturated heterocycles. The molecule has 0 aliphatic heterocycles. The summed E-state index contributed by atoms with van der Waals surface area (Å²) in [5.74, 6) is 0.0987. The summed E-state index contributed by atoms with van der Waals surface area (Å²) in [4.78, 5) is 15.8. The quantitative estimate of drug-likeness (QED) is 0.750. The summed E-state index contributed by atoms with van der Waals surface area (Å²) >= 11 is 0. The Labute approximate surface area is 90.7 Å². The van der Waals surface area contributed by atoms with Gasteiger partial charge in [-0.1, -0.05) is 13.3 Å². The maximum absolute atomic E-state index is 11.8. The molecule has 3 heteroatoms. The van der Waals surface area contributed by atoms with Gasteiger partial charge in [-0.3, -0.25) is 9.78 Å². The molecule has 0 amide bonds. The molecule has 0 saturated carbocycles. The van der Waals surface area contributed by atoms with E-state index in [1.54, 1.807) is 12.4 Å². The first-order valence-electron chi connectivity index (χ1n) is 5.34. The zero-order chi connectivity index (χ0) is 11.3. The van der Waals surface area contributed by atoms with E-state index >= 15 is 0 Å². The number of Topliss-reactive ketones (excluding diaryl/α,β-unsaturated/α-hetero) is 1. The van der Waals surface area contributed by atoms with E-state index in [1.807, 2.05) is 13.0 Å². The van der Waals surface area contributed by atoms with Crippen LogP contribution >= 0.6 is 0 Å². The van der Waals surface area contributed by atoms with Crippen molar-refractivity contribution in [3.63, 3.8) is 0 Å². The molecule has 15 heavy (non-hydrogen) atoms. The normalized spacial score (nSPS) is 12.5. The molecular weight excluding hydrogens is 188 g/mol. The number of hydrogen-bond donors (Lipinski definition) is 1. The summed E-state index contributed by atoms with van der Waals surface area (Å²) in [5.41, 5.74) is 7.50. The number of carbonyl (C=O) groups is 1. The molecular formula is C12H18N2O. The van der Waals surface area contributed by atoms with Crippen LogP contribution in [0.1, 0.15) is 42.1 Å². The molecule has 1 aromatic heterocycles. The second-order valence-corrected chi connectivity index (χ2v) is 3.87. The topological polar surface area (TPSA) is 56.0 Å². The Morgan fingerprint density at radius 1 is 1.60 bits per heavy atom. The number of pyridine rings is 1. The molecule has 2 N–H and O–H groups in total. The lowest BCUT2D eigenvalue weighted by Crippen LogP contribution is -2.23. The van der Waals surface area contributed by atoms with Gasteiger partial charge >= 0.3 is 0 Å². The minimum absolute atomic E-state index is 0.0258. The largest absolute Gasteiger partial charge is 0.327 e. The highest BCUT2D eigenvalue weighted by Gasteiger charge is 2.12. The number of nitrogens with two attached hydrogens (primary N) is 1. The van der Waals surface area contributed by atoms with Gasteiger partial charge < -0.3 is 5.73 Å². The van der Waals surface area contributed by atoms with Gasteiger partial charge in [-0.05, 0) is 25.0 Å². The Morgan fingerprint density at radius 3 is 2.93 bits per heavy atom. The summed E-state index contributed by atoms with van der Waals surface area (Å²) in [6.07, 6.45) is 5.64. The molecule has 1 aromatic rings. The Bertz CT molecular complexity index is 336. The van der Waals surface area contributed by atoms with Crippen molar-refractivity contribution < 1.29 is 4.79 Å². The summed E-state index contributed by atoms with van der Waals surface area (Å²) in [6, 6.07) is 1.82. The Kier molecular flexibility index (Phi) is 4.43. The van der Waals surface area contributed by atoms with Gasteiger partial charge in [0, 0.05) is 30.4 Å². The van der Waals surface area contributed by atoms with Crippen LogP contribution in [0.15, 0.2) is 18.5 Å². The van der Waals surface area contributed by atoms with Crippen molar-refractivity contribution in [1.82, 2.24) is 4.98 Å². The van der Waals surface area contributed by atoms with E-state index in [9.17, 15) is 4.79 Å². The first-order chi connectivity index (χ1) is 7.15. The first-order valence-corrected chi connectivity index (χ1v) is 5.34. The molecule has 0 aromatic carbocycles. The number of ketones is 1.